The molecule has 0 aromatic heterocycles. The molecule has 0 aliphatic rings. The van der Waals surface area contributed by atoms with E-state index in [4.69, 9.17) is 4.74 Å². The molecule has 25 heavy (non-hydrogen) atoms. The average Bonchev–Trinajstić information content (AvgIpc) is 2.68. The minimum atomic E-state index is -0.581. The van der Waals surface area contributed by atoms with Crippen LogP contribution in [0.5, 0.6) is 5.75 Å². The van der Waals surface area contributed by atoms with Crippen molar-refractivity contribution >= 4 is 5.78 Å². The Bertz CT molecular complexity index is 903. The van der Waals surface area contributed by atoms with Gasteiger partial charge in [-0.2, -0.15) is 0 Å². The van der Waals surface area contributed by atoms with Gasteiger partial charge in [-0.15, -0.1) is 0 Å². The van der Waals surface area contributed by atoms with Crippen molar-refractivity contribution in [2.75, 3.05) is 0 Å². The summed E-state index contributed by atoms with van der Waals surface area (Å²) in [6.07, 6.45) is -0.581. The van der Waals surface area contributed by atoms with Crippen LogP contribution in [0.1, 0.15) is 28.4 Å². The maximum Gasteiger partial charge on any atom is 0.202 e. The van der Waals surface area contributed by atoms with E-state index in [1.54, 1.807) is 19.1 Å². The minimum absolute atomic E-state index is 0.0496. The van der Waals surface area contributed by atoms with Crippen LogP contribution in [-0.4, -0.2) is 11.9 Å². The second kappa shape index (κ2) is 7.99. The number of hydrogen-bond donors (Lipinski definition) is 0. The van der Waals surface area contributed by atoms with Gasteiger partial charge in [0, 0.05) is 11.1 Å². The van der Waals surface area contributed by atoms with E-state index in [0.29, 0.717) is 11.3 Å². The fourth-order valence-corrected chi connectivity index (χ4v) is 2.41. The summed E-state index contributed by atoms with van der Waals surface area (Å²) < 4.78 is 5.90. The van der Waals surface area contributed by atoms with Crippen molar-refractivity contribution in [2.45, 2.75) is 13.0 Å². The highest BCUT2D eigenvalue weighted by Crippen LogP contribution is 2.20. The third-order valence-electron chi connectivity index (χ3n) is 3.73. The molecule has 3 rings (SSSR count). The minimum Gasteiger partial charge on any atom is -0.481 e. The van der Waals surface area contributed by atoms with Gasteiger partial charge in [0.15, 0.2) is 6.10 Å². The number of ether oxygens (including phenoxy) is 1. The van der Waals surface area contributed by atoms with Crippen LogP contribution in [0.2, 0.25) is 0 Å². The Morgan fingerprint density at radius 2 is 1.40 bits per heavy atom. The van der Waals surface area contributed by atoms with Gasteiger partial charge in [-0.1, -0.05) is 72.5 Å². The third-order valence-corrected chi connectivity index (χ3v) is 3.73. The van der Waals surface area contributed by atoms with Crippen LogP contribution in [0.25, 0.3) is 0 Å². The van der Waals surface area contributed by atoms with Crippen LogP contribution in [0.4, 0.5) is 0 Å². The van der Waals surface area contributed by atoms with Crippen LogP contribution < -0.4 is 4.74 Å². The van der Waals surface area contributed by atoms with Gasteiger partial charge in [-0.05, 0) is 31.2 Å². The van der Waals surface area contributed by atoms with E-state index in [2.05, 4.69) is 11.8 Å². The van der Waals surface area contributed by atoms with Gasteiger partial charge in [-0.25, -0.2) is 0 Å². The second-order valence-corrected chi connectivity index (χ2v) is 5.60. The molecule has 0 aliphatic heterocycles. The summed E-state index contributed by atoms with van der Waals surface area (Å²) in [5.74, 6) is 6.81. The standard InChI is InChI=1S/C23H18O2/c1-18(23(24)21-13-6-3-7-14-21)25-22-15-9-8-12-20(22)17-16-19-10-4-2-5-11-19/h2-15,18H,1H3. The molecule has 2 nitrogen and oxygen atoms in total. The zero-order chi connectivity index (χ0) is 17.5. The Morgan fingerprint density at radius 3 is 2.12 bits per heavy atom. The predicted octanol–water partition coefficient (Wildman–Crippen LogP) is 4.74. The number of benzene rings is 3. The first-order valence-corrected chi connectivity index (χ1v) is 8.16. The lowest BCUT2D eigenvalue weighted by molar-refractivity contribution is 0.0818. The van der Waals surface area contributed by atoms with Crippen LogP contribution in [0, 0.1) is 11.8 Å². The number of rotatable bonds is 4. The Labute approximate surface area is 148 Å². The highest BCUT2D eigenvalue weighted by Gasteiger charge is 2.17. The number of hydrogen-bond acceptors (Lipinski definition) is 2. The highest BCUT2D eigenvalue weighted by molar-refractivity contribution is 5.99. The largest absolute Gasteiger partial charge is 0.481 e. The molecular formula is C23H18O2. The number of carbonyl (C=O) groups is 1. The van der Waals surface area contributed by atoms with E-state index in [1.165, 1.54) is 0 Å². The molecule has 1 unspecified atom stereocenters. The van der Waals surface area contributed by atoms with E-state index in [1.807, 2.05) is 72.8 Å². The number of carbonyl (C=O) groups excluding carboxylic acids is 1. The molecule has 0 radical (unpaired) electrons. The Morgan fingerprint density at radius 1 is 0.800 bits per heavy atom. The fourth-order valence-electron chi connectivity index (χ4n) is 2.41. The van der Waals surface area contributed by atoms with E-state index in [-0.39, 0.29) is 5.78 Å². The van der Waals surface area contributed by atoms with Crippen LogP contribution >= 0.6 is 0 Å². The topological polar surface area (TPSA) is 26.3 Å². The van der Waals surface area contributed by atoms with Gasteiger partial charge in [0.05, 0.1) is 5.56 Å². The Hall–Kier alpha value is -3.31. The van der Waals surface area contributed by atoms with Crippen molar-refractivity contribution in [3.05, 3.63) is 102 Å². The maximum atomic E-state index is 12.5. The monoisotopic (exact) mass is 326 g/mol. The first kappa shape index (κ1) is 16.5. The molecule has 1 atom stereocenters. The van der Waals surface area contributed by atoms with E-state index in [9.17, 15) is 4.79 Å². The van der Waals surface area contributed by atoms with Gasteiger partial charge >= 0.3 is 0 Å². The molecule has 0 bridgehead atoms. The van der Waals surface area contributed by atoms with E-state index in [0.717, 1.165) is 11.1 Å². The number of Topliss-reactive ketones (excluding diaryl/α,β-unsaturated/α-hetero) is 1. The van der Waals surface area contributed by atoms with Crippen molar-refractivity contribution in [1.82, 2.24) is 0 Å². The molecule has 0 heterocycles. The first-order chi connectivity index (χ1) is 12.2. The first-order valence-electron chi connectivity index (χ1n) is 8.16. The predicted molar refractivity (Wildman–Crippen MR) is 99.7 cm³/mol. The molecule has 3 aromatic carbocycles. The molecule has 0 amide bonds. The highest BCUT2D eigenvalue weighted by atomic mass is 16.5. The third kappa shape index (κ3) is 4.37. The quantitative estimate of drug-likeness (QED) is 0.511. The van der Waals surface area contributed by atoms with Crippen molar-refractivity contribution in [2.24, 2.45) is 0 Å². The molecule has 3 aromatic rings. The molecule has 0 fully saturated rings. The van der Waals surface area contributed by atoms with Crippen LogP contribution in [-0.2, 0) is 0 Å². The van der Waals surface area contributed by atoms with Gasteiger partial charge < -0.3 is 4.74 Å². The van der Waals surface area contributed by atoms with Gasteiger partial charge in [0.2, 0.25) is 5.78 Å². The van der Waals surface area contributed by atoms with Gasteiger partial charge in [-0.3, -0.25) is 4.79 Å². The lowest BCUT2D eigenvalue weighted by atomic mass is 10.1. The van der Waals surface area contributed by atoms with Crippen LogP contribution in [0.3, 0.4) is 0 Å². The normalized spacial score (nSPS) is 11.1. The summed E-state index contributed by atoms with van der Waals surface area (Å²) in [5, 5.41) is 0. The molecule has 0 aliphatic carbocycles. The lowest BCUT2D eigenvalue weighted by Crippen LogP contribution is -2.24. The molecule has 0 saturated carbocycles. The molecule has 0 N–H and O–H groups in total. The smallest absolute Gasteiger partial charge is 0.202 e. The van der Waals surface area contributed by atoms with Gasteiger partial charge in [0.25, 0.3) is 0 Å². The average molecular weight is 326 g/mol. The van der Waals surface area contributed by atoms with Crippen molar-refractivity contribution in [1.29, 1.82) is 0 Å². The Balaban J connectivity index is 1.80. The van der Waals surface area contributed by atoms with E-state index < -0.39 is 6.10 Å². The maximum absolute atomic E-state index is 12.5. The van der Waals surface area contributed by atoms with Crippen molar-refractivity contribution in [3.8, 4) is 17.6 Å². The molecule has 2 heteroatoms. The number of ketones is 1. The summed E-state index contributed by atoms with van der Waals surface area (Å²) in [4.78, 5) is 12.5. The fraction of sp³-hybridized carbons (Fsp3) is 0.0870. The molecule has 0 saturated heterocycles. The van der Waals surface area contributed by atoms with Crippen LogP contribution in [0.15, 0.2) is 84.9 Å². The molecule has 0 spiro atoms. The summed E-state index contributed by atoms with van der Waals surface area (Å²) in [5.41, 5.74) is 2.34. The number of para-hydroxylation sites is 1. The van der Waals surface area contributed by atoms with Gasteiger partial charge in [0.1, 0.15) is 5.75 Å². The Kier molecular flexibility index (Phi) is 5.29. The van der Waals surface area contributed by atoms with Crippen molar-refractivity contribution < 1.29 is 9.53 Å². The van der Waals surface area contributed by atoms with Crippen molar-refractivity contribution in [3.63, 3.8) is 0 Å². The zero-order valence-corrected chi connectivity index (χ0v) is 14.0. The van der Waals surface area contributed by atoms with E-state index >= 15 is 0 Å². The lowest BCUT2D eigenvalue weighted by Gasteiger charge is -2.15. The summed E-state index contributed by atoms with van der Waals surface area (Å²) in [7, 11) is 0. The summed E-state index contributed by atoms with van der Waals surface area (Å²) >= 11 is 0. The SMILES string of the molecule is CC(Oc1ccccc1C#Cc1ccccc1)C(=O)c1ccccc1. The summed E-state index contributed by atoms with van der Waals surface area (Å²) in [6, 6.07) is 26.5. The zero-order valence-electron chi connectivity index (χ0n) is 14.0. The molecular weight excluding hydrogens is 308 g/mol. The molecule has 122 valence electrons. The summed E-state index contributed by atoms with van der Waals surface area (Å²) in [6.45, 7) is 1.76. The second-order valence-electron chi connectivity index (χ2n) is 5.60.